The second kappa shape index (κ2) is 5.13. The molecule has 0 aliphatic heterocycles. The predicted molar refractivity (Wildman–Crippen MR) is 58.7 cm³/mol. The van der Waals surface area contributed by atoms with Crippen LogP contribution in [0.1, 0.15) is 0 Å². The number of halogens is 1. The van der Waals surface area contributed by atoms with Gasteiger partial charge in [-0.1, -0.05) is 11.6 Å². The van der Waals surface area contributed by atoms with Crippen molar-refractivity contribution in [3.63, 3.8) is 0 Å². The first-order valence-electron chi connectivity index (χ1n) is 4.12. The highest BCUT2D eigenvalue weighted by Crippen LogP contribution is 2.18. The van der Waals surface area contributed by atoms with Gasteiger partial charge in [0.15, 0.2) is 11.6 Å². The number of methoxy groups -OCH3 is 1. The van der Waals surface area contributed by atoms with Crippen LogP contribution in [0.2, 0.25) is 5.02 Å². The highest BCUT2D eigenvalue weighted by molar-refractivity contribution is 7.93. The fraction of sp³-hybridized carbons (Fsp3) is 0.250. The number of carbonyl (C=O) groups is 1. The molecule has 1 rings (SSSR count). The maximum Gasteiger partial charge on any atom is 0.322 e. The van der Waals surface area contributed by atoms with E-state index in [-0.39, 0.29) is 10.8 Å². The van der Waals surface area contributed by atoms with E-state index in [0.717, 1.165) is 7.11 Å². The van der Waals surface area contributed by atoms with Gasteiger partial charge in [0.2, 0.25) is 10.0 Å². The summed E-state index contributed by atoms with van der Waals surface area (Å²) < 4.78 is 29.1. The number of hydrogen-bond donors (Lipinski definition) is 1. The third kappa shape index (κ3) is 3.67. The van der Waals surface area contributed by atoms with Crippen molar-refractivity contribution in [2.45, 2.75) is 0 Å². The summed E-state index contributed by atoms with van der Waals surface area (Å²) in [6, 6.07) is 3.03. The summed E-state index contributed by atoms with van der Waals surface area (Å²) in [6.07, 6.45) is 1.38. The summed E-state index contributed by atoms with van der Waals surface area (Å²) in [5.41, 5.74) is 0. The van der Waals surface area contributed by atoms with Crippen LogP contribution in [-0.4, -0.2) is 32.2 Å². The maximum absolute atomic E-state index is 11.4. The maximum atomic E-state index is 11.4. The molecule has 0 saturated heterocycles. The van der Waals surface area contributed by atoms with Crippen LogP contribution in [0.3, 0.4) is 0 Å². The third-order valence-corrected chi connectivity index (χ3v) is 2.97. The molecule has 0 saturated carbocycles. The van der Waals surface area contributed by atoms with Crippen molar-refractivity contribution in [1.82, 2.24) is 4.98 Å². The SMILES string of the molecule is COC(=O)CS(=O)(=O)Nc1ncccc1Cl. The molecule has 0 unspecified atom stereocenters. The van der Waals surface area contributed by atoms with Crippen LogP contribution in [0.4, 0.5) is 5.82 Å². The lowest BCUT2D eigenvalue weighted by molar-refractivity contribution is -0.137. The number of hydrogen-bond acceptors (Lipinski definition) is 5. The van der Waals surface area contributed by atoms with E-state index in [2.05, 4.69) is 14.4 Å². The fourth-order valence-corrected chi connectivity index (χ4v) is 2.04. The molecule has 0 bridgehead atoms. The highest BCUT2D eigenvalue weighted by Gasteiger charge is 2.18. The number of esters is 1. The fourth-order valence-electron chi connectivity index (χ4n) is 0.858. The van der Waals surface area contributed by atoms with Gasteiger partial charge in [-0.2, -0.15) is 0 Å². The summed E-state index contributed by atoms with van der Waals surface area (Å²) in [5, 5.41) is 0.149. The number of nitrogens with zero attached hydrogens (tertiary/aromatic N) is 1. The molecular weight excluding hydrogens is 256 g/mol. The van der Waals surface area contributed by atoms with Gasteiger partial charge in [0.05, 0.1) is 12.1 Å². The monoisotopic (exact) mass is 264 g/mol. The molecule has 0 amide bonds. The molecule has 0 aliphatic carbocycles. The van der Waals surface area contributed by atoms with E-state index in [9.17, 15) is 13.2 Å². The van der Waals surface area contributed by atoms with Gasteiger partial charge in [0.25, 0.3) is 0 Å². The molecule has 6 nitrogen and oxygen atoms in total. The molecule has 8 heteroatoms. The molecule has 0 atom stereocenters. The van der Waals surface area contributed by atoms with Gasteiger partial charge < -0.3 is 4.74 Å². The Morgan fingerprint density at radius 3 is 2.88 bits per heavy atom. The zero-order chi connectivity index (χ0) is 12.2. The van der Waals surface area contributed by atoms with E-state index in [1.165, 1.54) is 12.3 Å². The van der Waals surface area contributed by atoms with Gasteiger partial charge in [-0.05, 0) is 12.1 Å². The van der Waals surface area contributed by atoms with E-state index in [0.29, 0.717) is 0 Å². The Kier molecular flexibility index (Phi) is 4.08. The zero-order valence-corrected chi connectivity index (χ0v) is 9.88. The molecule has 0 fully saturated rings. The van der Waals surface area contributed by atoms with E-state index < -0.39 is 21.7 Å². The molecule has 16 heavy (non-hydrogen) atoms. The van der Waals surface area contributed by atoms with Crippen LogP contribution in [0.25, 0.3) is 0 Å². The summed E-state index contributed by atoms with van der Waals surface area (Å²) >= 11 is 5.70. The Bertz CT molecular complexity index is 489. The quantitative estimate of drug-likeness (QED) is 0.807. The number of anilines is 1. The minimum absolute atomic E-state index is 0.0203. The van der Waals surface area contributed by atoms with Gasteiger partial charge in [-0.25, -0.2) is 13.4 Å². The van der Waals surface area contributed by atoms with Crippen LogP contribution < -0.4 is 4.72 Å². The minimum atomic E-state index is -3.84. The average molecular weight is 265 g/mol. The predicted octanol–water partition coefficient (Wildman–Crippen LogP) is 0.650. The van der Waals surface area contributed by atoms with E-state index in [1.54, 1.807) is 6.07 Å². The lowest BCUT2D eigenvalue weighted by atomic mass is 10.5. The van der Waals surface area contributed by atoms with E-state index >= 15 is 0 Å². The van der Waals surface area contributed by atoms with Crippen LogP contribution in [0.5, 0.6) is 0 Å². The average Bonchev–Trinajstić information content (AvgIpc) is 2.20. The molecule has 1 aromatic heterocycles. The topological polar surface area (TPSA) is 85.4 Å². The zero-order valence-electron chi connectivity index (χ0n) is 8.31. The molecule has 1 aromatic rings. The minimum Gasteiger partial charge on any atom is -0.468 e. The summed E-state index contributed by atoms with van der Waals surface area (Å²) in [4.78, 5) is 14.5. The smallest absolute Gasteiger partial charge is 0.322 e. The van der Waals surface area contributed by atoms with Crippen LogP contribution in [0, 0.1) is 0 Å². The van der Waals surface area contributed by atoms with Gasteiger partial charge in [-0.15, -0.1) is 0 Å². The number of aromatic nitrogens is 1. The van der Waals surface area contributed by atoms with Crippen molar-refractivity contribution in [3.8, 4) is 0 Å². The molecule has 0 radical (unpaired) electrons. The van der Waals surface area contributed by atoms with Gasteiger partial charge >= 0.3 is 5.97 Å². The highest BCUT2D eigenvalue weighted by atomic mass is 35.5. The molecule has 0 aliphatic rings. The number of carbonyl (C=O) groups excluding carboxylic acids is 1. The first-order chi connectivity index (χ1) is 7.44. The van der Waals surface area contributed by atoms with Gasteiger partial charge in [-0.3, -0.25) is 9.52 Å². The first kappa shape index (κ1) is 12.7. The number of ether oxygens (including phenoxy) is 1. The molecule has 1 heterocycles. The second-order valence-corrected chi connectivity index (χ2v) is 4.90. The van der Waals surface area contributed by atoms with E-state index in [1.807, 2.05) is 0 Å². The Morgan fingerprint density at radius 1 is 1.62 bits per heavy atom. The van der Waals surface area contributed by atoms with Crippen molar-refractivity contribution in [2.24, 2.45) is 0 Å². The van der Waals surface area contributed by atoms with E-state index in [4.69, 9.17) is 11.6 Å². The largest absolute Gasteiger partial charge is 0.468 e. The Balaban J connectivity index is 2.81. The van der Waals surface area contributed by atoms with Gasteiger partial charge in [0, 0.05) is 6.20 Å². The summed E-state index contributed by atoms with van der Waals surface area (Å²) in [7, 11) is -2.74. The van der Waals surface area contributed by atoms with Crippen LogP contribution in [-0.2, 0) is 19.6 Å². The standard InChI is InChI=1S/C8H9ClN2O4S/c1-15-7(12)5-16(13,14)11-8-6(9)3-2-4-10-8/h2-4H,5H2,1H3,(H,10,11). The van der Waals surface area contributed by atoms with Crippen molar-refractivity contribution in [1.29, 1.82) is 0 Å². The summed E-state index contributed by atoms with van der Waals surface area (Å²) in [6.45, 7) is 0. The number of nitrogens with one attached hydrogen (secondary N) is 1. The molecule has 0 spiro atoms. The Labute approximate surface area is 97.6 Å². The second-order valence-electron chi connectivity index (χ2n) is 2.77. The third-order valence-electron chi connectivity index (χ3n) is 1.55. The normalized spacial score (nSPS) is 10.9. The number of sulfonamides is 1. The molecule has 88 valence electrons. The Morgan fingerprint density at radius 2 is 2.31 bits per heavy atom. The lowest BCUT2D eigenvalue weighted by Gasteiger charge is -2.06. The number of pyridine rings is 1. The lowest BCUT2D eigenvalue weighted by Crippen LogP contribution is -2.24. The Hall–Kier alpha value is -1.34. The van der Waals surface area contributed by atoms with Crippen LogP contribution >= 0.6 is 11.6 Å². The molecular formula is C8H9ClN2O4S. The summed E-state index contributed by atoms with van der Waals surface area (Å²) in [5.74, 6) is -1.66. The number of rotatable bonds is 4. The van der Waals surface area contributed by atoms with Crippen molar-refractivity contribution < 1.29 is 17.9 Å². The molecule has 0 aromatic carbocycles. The van der Waals surface area contributed by atoms with Crippen molar-refractivity contribution in [3.05, 3.63) is 23.4 Å². The van der Waals surface area contributed by atoms with Crippen LogP contribution in [0.15, 0.2) is 18.3 Å². The first-order valence-corrected chi connectivity index (χ1v) is 6.15. The van der Waals surface area contributed by atoms with Crippen molar-refractivity contribution >= 4 is 33.4 Å². The van der Waals surface area contributed by atoms with Gasteiger partial charge in [0.1, 0.15) is 0 Å². The molecule has 1 N–H and O–H groups in total. The van der Waals surface area contributed by atoms with Crippen molar-refractivity contribution in [2.75, 3.05) is 17.6 Å².